The number of nitrogens with zero attached hydrogens (tertiary/aromatic N) is 1. The predicted octanol–water partition coefficient (Wildman–Crippen LogP) is -2.00. The average Bonchev–Trinajstić information content (AvgIpc) is 2.85. The summed E-state index contributed by atoms with van der Waals surface area (Å²) in [6.07, 6.45) is -3.24. The largest absolute Gasteiger partial charge is 0.388 e. The first-order chi connectivity index (χ1) is 18.0. The summed E-state index contributed by atoms with van der Waals surface area (Å²) in [4.78, 5) is 49.4. The van der Waals surface area contributed by atoms with Crippen molar-refractivity contribution < 1.29 is 47.0 Å². The molecule has 0 aromatic rings. The van der Waals surface area contributed by atoms with Gasteiger partial charge in [0.25, 0.3) is 0 Å². The third kappa shape index (κ3) is 14.6. The molecule has 0 bridgehead atoms. The van der Waals surface area contributed by atoms with Gasteiger partial charge in [-0.1, -0.05) is 6.42 Å². The molecule has 3 amide bonds. The van der Waals surface area contributed by atoms with Gasteiger partial charge in [-0.05, 0) is 26.7 Å². The maximum Gasteiger partial charge on any atom is 0.234 e. The molecule has 1 saturated heterocycles. The van der Waals surface area contributed by atoms with Gasteiger partial charge in [0, 0.05) is 26.1 Å². The van der Waals surface area contributed by atoms with Gasteiger partial charge >= 0.3 is 0 Å². The Morgan fingerprint density at radius 3 is 1.92 bits per heavy atom. The third-order valence-electron chi connectivity index (χ3n) is 5.65. The van der Waals surface area contributed by atoms with E-state index in [1.54, 1.807) is 23.0 Å². The Labute approximate surface area is 236 Å². The van der Waals surface area contributed by atoms with Gasteiger partial charge in [-0.3, -0.25) is 19.3 Å². The van der Waals surface area contributed by atoms with Crippen molar-refractivity contribution in [1.82, 2.24) is 20.9 Å². The molecule has 220 valence electrons. The van der Waals surface area contributed by atoms with Crippen LogP contribution in [0.4, 0.5) is 0 Å². The Kier molecular flexibility index (Phi) is 17.8. The van der Waals surface area contributed by atoms with Gasteiger partial charge in [-0.2, -0.15) is 0 Å². The van der Waals surface area contributed by atoms with Crippen LogP contribution in [0.2, 0.25) is 0 Å². The number of nitrogens with one attached hydrogen (secondary N) is 3. The van der Waals surface area contributed by atoms with Gasteiger partial charge in [0.15, 0.2) is 6.29 Å². The summed E-state index contributed by atoms with van der Waals surface area (Å²) in [7, 11) is 0. The molecule has 1 fully saturated rings. The number of unbranched alkanes of at least 4 members (excludes halogenated alkanes) is 2. The number of carbonyl (C=O) groups is 4. The van der Waals surface area contributed by atoms with Gasteiger partial charge in [0.1, 0.15) is 47.1 Å². The van der Waals surface area contributed by atoms with Crippen LogP contribution in [-0.4, -0.2) is 127 Å². The first-order valence-corrected chi connectivity index (χ1v) is 13.5. The number of Topliss-reactive ketones (excluding diaryl/α,β-unsaturated/α-hetero) is 1. The summed E-state index contributed by atoms with van der Waals surface area (Å²) < 4.78 is 15.6. The normalized spacial score (nSPS) is 23.2. The molecule has 6 N–H and O–H groups in total. The van der Waals surface area contributed by atoms with Crippen LogP contribution in [-0.2, 0) is 31.7 Å². The number of aliphatic hydroxyl groups is 3. The summed E-state index contributed by atoms with van der Waals surface area (Å²) in [6.45, 7) is 3.49. The van der Waals surface area contributed by atoms with E-state index in [0.29, 0.717) is 26.0 Å². The van der Waals surface area contributed by atoms with E-state index in [-0.39, 0.29) is 56.9 Å². The maximum absolute atomic E-state index is 12.5. The zero-order chi connectivity index (χ0) is 28.5. The highest BCUT2D eigenvalue weighted by atomic mass is 127. The molecule has 5 atom stereocenters. The molecule has 0 saturated carbocycles. The summed E-state index contributed by atoms with van der Waals surface area (Å²) in [6, 6.07) is 0. The lowest BCUT2D eigenvalue weighted by atomic mass is 10.0. The van der Waals surface area contributed by atoms with Gasteiger partial charge < -0.3 is 48.6 Å². The van der Waals surface area contributed by atoms with Crippen LogP contribution in [0, 0.1) is 0 Å². The highest BCUT2D eigenvalue weighted by Gasteiger charge is 2.42. The highest BCUT2D eigenvalue weighted by molar-refractivity contribution is 14.1. The molecule has 14 nitrogen and oxygen atoms in total. The summed E-state index contributed by atoms with van der Waals surface area (Å²) in [5.41, 5.74) is 0. The Hall–Kier alpha value is -1.47. The molecule has 0 radical (unpaired) electrons. The van der Waals surface area contributed by atoms with Crippen molar-refractivity contribution in [2.75, 3.05) is 52.5 Å². The highest BCUT2D eigenvalue weighted by Crippen LogP contribution is 2.21. The molecular weight excluding hydrogens is 619 g/mol. The van der Waals surface area contributed by atoms with Crippen LogP contribution >= 0.6 is 23.0 Å². The first kappa shape index (κ1) is 34.6. The number of hydrogen-bond acceptors (Lipinski definition) is 11. The topological polar surface area (TPSA) is 196 Å². The zero-order valence-corrected chi connectivity index (χ0v) is 24.1. The van der Waals surface area contributed by atoms with Crippen molar-refractivity contribution in [3.05, 3.63) is 0 Å². The van der Waals surface area contributed by atoms with E-state index in [4.69, 9.17) is 12.5 Å². The van der Waals surface area contributed by atoms with E-state index >= 15 is 0 Å². The number of aliphatic hydroxyl groups excluding tert-OH is 3. The van der Waals surface area contributed by atoms with Gasteiger partial charge in [-0.25, -0.2) is 0 Å². The lowest BCUT2D eigenvalue weighted by Gasteiger charge is -2.38. The quantitative estimate of drug-likeness (QED) is 0.0663. The van der Waals surface area contributed by atoms with E-state index in [0.717, 1.165) is 12.8 Å². The van der Waals surface area contributed by atoms with E-state index < -0.39 is 36.6 Å². The molecular formula is C23H41IN4O10. The number of ketones is 1. The van der Waals surface area contributed by atoms with Gasteiger partial charge in [0.05, 0.1) is 39.0 Å². The molecule has 38 heavy (non-hydrogen) atoms. The first-order valence-electron chi connectivity index (χ1n) is 12.6. The molecule has 1 aliphatic rings. The second-order valence-electron chi connectivity index (χ2n) is 9.07. The summed E-state index contributed by atoms with van der Waals surface area (Å²) in [5.74, 6) is -1.03. The number of amides is 3. The molecule has 0 aromatic carbocycles. The molecule has 0 spiro atoms. The van der Waals surface area contributed by atoms with Crippen LogP contribution in [0.25, 0.3) is 0 Å². The van der Waals surface area contributed by atoms with Gasteiger partial charge in [-0.15, -0.1) is 0 Å². The number of rotatable bonds is 19. The molecule has 1 rings (SSSR count). The van der Waals surface area contributed by atoms with Crippen molar-refractivity contribution in [3.63, 3.8) is 0 Å². The number of halogens is 1. The van der Waals surface area contributed by atoms with E-state index in [1.165, 1.54) is 18.7 Å². The SMILES string of the molecule is CC(=O)CCCCCNC(=O)CN(CC(=O)NCCOI)CC(=O)NCCO[C@@H]1O[C@@H](C)[C@@H](O)[C@@H](O)[C@@H]1O. The van der Waals surface area contributed by atoms with Crippen LogP contribution in [0.5, 0.6) is 0 Å². The Bertz CT molecular complexity index is 747. The van der Waals surface area contributed by atoms with E-state index in [1.807, 2.05) is 0 Å². The number of ether oxygens (including phenoxy) is 2. The maximum atomic E-state index is 12.5. The Morgan fingerprint density at radius 2 is 1.37 bits per heavy atom. The van der Waals surface area contributed by atoms with Crippen LogP contribution in [0.15, 0.2) is 0 Å². The fraction of sp³-hybridized carbons (Fsp3) is 0.826. The van der Waals surface area contributed by atoms with Crippen molar-refractivity contribution in [2.45, 2.75) is 70.2 Å². The van der Waals surface area contributed by atoms with Crippen molar-refractivity contribution >= 4 is 46.5 Å². The second kappa shape index (κ2) is 19.6. The van der Waals surface area contributed by atoms with Gasteiger partial charge in [0.2, 0.25) is 17.7 Å². The standard InChI is InChI=1S/C23H41IN4O10/c1-15(29)6-4-3-5-7-25-17(30)12-28(14-19(32)27-9-11-37-24)13-18(31)26-8-10-36-23-22(35)21(34)20(33)16(2)38-23/h16,20-23,33-35H,3-14H2,1-2H3,(H,25,30)(H,26,31)(H,27,32)/t16-,20+,21+,22-,23+/m0/s1. The van der Waals surface area contributed by atoms with Crippen molar-refractivity contribution in [1.29, 1.82) is 0 Å². The van der Waals surface area contributed by atoms with E-state index in [9.17, 15) is 34.5 Å². The van der Waals surface area contributed by atoms with Crippen LogP contribution in [0.3, 0.4) is 0 Å². The lowest BCUT2D eigenvalue weighted by molar-refractivity contribution is -0.292. The minimum absolute atomic E-state index is 0.0396. The smallest absolute Gasteiger partial charge is 0.234 e. The monoisotopic (exact) mass is 660 g/mol. The van der Waals surface area contributed by atoms with Crippen LogP contribution < -0.4 is 16.0 Å². The Balaban J connectivity index is 2.47. The van der Waals surface area contributed by atoms with Crippen molar-refractivity contribution in [3.8, 4) is 0 Å². The lowest BCUT2D eigenvalue weighted by Crippen LogP contribution is -2.57. The molecule has 1 aliphatic heterocycles. The minimum atomic E-state index is -1.45. The minimum Gasteiger partial charge on any atom is -0.388 e. The predicted molar refractivity (Wildman–Crippen MR) is 143 cm³/mol. The Morgan fingerprint density at radius 1 is 0.816 bits per heavy atom. The average molecular weight is 661 g/mol. The second-order valence-corrected chi connectivity index (χ2v) is 9.70. The fourth-order valence-electron chi connectivity index (χ4n) is 3.59. The van der Waals surface area contributed by atoms with E-state index in [2.05, 4.69) is 16.0 Å². The molecule has 15 heteroatoms. The molecule has 0 aliphatic carbocycles. The third-order valence-corrected chi connectivity index (χ3v) is 6.09. The number of hydrogen-bond donors (Lipinski definition) is 6. The number of carbonyl (C=O) groups excluding carboxylic acids is 4. The van der Waals surface area contributed by atoms with Crippen molar-refractivity contribution in [2.24, 2.45) is 0 Å². The van der Waals surface area contributed by atoms with Crippen LogP contribution in [0.1, 0.15) is 39.5 Å². The zero-order valence-electron chi connectivity index (χ0n) is 21.9. The molecule has 0 unspecified atom stereocenters. The summed E-state index contributed by atoms with van der Waals surface area (Å²) in [5, 5.41) is 37.5. The molecule has 1 heterocycles. The molecule has 0 aromatic heterocycles. The summed E-state index contributed by atoms with van der Waals surface area (Å²) >= 11 is 1.71. The fourth-order valence-corrected chi connectivity index (χ4v) is 3.81.